The molecule has 0 aliphatic carbocycles. The third kappa shape index (κ3) is 2.89. The average Bonchev–Trinajstić information content (AvgIpc) is 2.26. The van der Waals surface area contributed by atoms with E-state index in [2.05, 4.69) is 20.9 Å². The van der Waals surface area contributed by atoms with E-state index in [1.165, 1.54) is 0 Å². The van der Waals surface area contributed by atoms with E-state index in [1.807, 2.05) is 26.0 Å². The first-order valence-electron chi connectivity index (χ1n) is 4.73. The highest BCUT2D eigenvalue weighted by Crippen LogP contribution is 2.12. The van der Waals surface area contributed by atoms with Gasteiger partial charge in [0.1, 0.15) is 4.60 Å². The van der Waals surface area contributed by atoms with E-state index < -0.39 is 0 Å². The lowest BCUT2D eigenvalue weighted by Gasteiger charge is -2.07. The number of nitrogens with two attached hydrogens (primary N) is 1. The van der Waals surface area contributed by atoms with Gasteiger partial charge in [0.15, 0.2) is 0 Å². The van der Waals surface area contributed by atoms with Crippen molar-refractivity contribution in [1.82, 2.24) is 4.98 Å². The summed E-state index contributed by atoms with van der Waals surface area (Å²) in [6, 6.07) is 5.49. The second-order valence-electron chi connectivity index (χ2n) is 3.22. The van der Waals surface area contributed by atoms with Gasteiger partial charge in [0.25, 0.3) is 0 Å². The monoisotopic (exact) mass is 267 g/mol. The molecule has 0 amide bonds. The molecule has 4 heteroatoms. The van der Waals surface area contributed by atoms with Crippen molar-refractivity contribution in [3.8, 4) is 0 Å². The number of rotatable bonds is 3. The summed E-state index contributed by atoms with van der Waals surface area (Å²) in [5, 5.41) is 7.94. The number of hydrogen-bond donors (Lipinski definition) is 2. The van der Waals surface area contributed by atoms with Crippen LogP contribution in [0.2, 0.25) is 0 Å². The molecule has 1 rings (SSSR count). The minimum absolute atomic E-state index is 0.385. The van der Waals surface area contributed by atoms with Crippen LogP contribution in [0.15, 0.2) is 34.1 Å². The Labute approximate surface area is 98.0 Å². The van der Waals surface area contributed by atoms with Crippen LogP contribution in [0.5, 0.6) is 0 Å². The lowest BCUT2D eigenvalue weighted by Crippen LogP contribution is -2.10. The number of aromatic nitrogens is 1. The minimum Gasteiger partial charge on any atom is -0.402 e. The molecule has 15 heavy (non-hydrogen) atoms. The fraction of sp³-hybridized carbons (Fsp3) is 0.273. The lowest BCUT2D eigenvalue weighted by atomic mass is 10.1. The molecular weight excluding hydrogens is 254 g/mol. The van der Waals surface area contributed by atoms with Crippen LogP contribution in [-0.4, -0.2) is 10.7 Å². The Balaban J connectivity index is 3.05. The summed E-state index contributed by atoms with van der Waals surface area (Å²) in [4.78, 5) is 4.21. The first-order valence-corrected chi connectivity index (χ1v) is 5.52. The van der Waals surface area contributed by atoms with Crippen molar-refractivity contribution in [3.05, 3.63) is 39.8 Å². The maximum atomic E-state index is 7.94. The Bertz CT molecular complexity index is 410. The molecule has 0 aromatic carbocycles. The maximum absolute atomic E-state index is 7.94. The quantitative estimate of drug-likeness (QED) is 0.654. The van der Waals surface area contributed by atoms with Crippen LogP contribution >= 0.6 is 15.9 Å². The standard InChI is InChI=1S/C11H14BrN3/c1-3-8(13)7(2)11(14)9-5-4-6-10(12)15-9/h4-6,14H,3,13H2,1-2H3. The number of nitrogens with zero attached hydrogens (tertiary/aromatic N) is 1. The smallest absolute Gasteiger partial charge is 0.106 e. The largest absolute Gasteiger partial charge is 0.402 e. The van der Waals surface area contributed by atoms with Gasteiger partial charge < -0.3 is 5.73 Å². The second-order valence-corrected chi connectivity index (χ2v) is 4.04. The fourth-order valence-corrected chi connectivity index (χ4v) is 1.51. The van der Waals surface area contributed by atoms with E-state index in [1.54, 1.807) is 6.07 Å². The van der Waals surface area contributed by atoms with Crippen LogP contribution < -0.4 is 5.73 Å². The Hall–Kier alpha value is -1.16. The zero-order chi connectivity index (χ0) is 11.4. The molecule has 80 valence electrons. The lowest BCUT2D eigenvalue weighted by molar-refractivity contribution is 1.04. The van der Waals surface area contributed by atoms with Crippen molar-refractivity contribution < 1.29 is 0 Å². The zero-order valence-electron chi connectivity index (χ0n) is 8.84. The van der Waals surface area contributed by atoms with Crippen LogP contribution in [0, 0.1) is 5.41 Å². The van der Waals surface area contributed by atoms with E-state index in [0.717, 1.165) is 22.3 Å². The predicted octanol–water partition coefficient (Wildman–Crippen LogP) is 2.85. The van der Waals surface area contributed by atoms with Crippen LogP contribution in [0.3, 0.4) is 0 Å². The van der Waals surface area contributed by atoms with Gasteiger partial charge in [-0.2, -0.15) is 0 Å². The fourth-order valence-electron chi connectivity index (χ4n) is 1.17. The molecule has 1 aromatic rings. The molecule has 0 spiro atoms. The van der Waals surface area contributed by atoms with Crippen LogP contribution in [-0.2, 0) is 0 Å². The van der Waals surface area contributed by atoms with Gasteiger partial charge in [-0.25, -0.2) is 4.98 Å². The Morgan fingerprint density at radius 2 is 2.20 bits per heavy atom. The van der Waals surface area contributed by atoms with Crippen LogP contribution in [0.25, 0.3) is 0 Å². The molecule has 0 saturated heterocycles. The summed E-state index contributed by atoms with van der Waals surface area (Å²) >= 11 is 3.28. The van der Waals surface area contributed by atoms with E-state index in [-0.39, 0.29) is 0 Å². The molecule has 3 N–H and O–H groups in total. The van der Waals surface area contributed by atoms with Gasteiger partial charge in [0.05, 0.1) is 11.4 Å². The molecule has 0 bridgehead atoms. The molecule has 0 unspecified atom stereocenters. The SMILES string of the molecule is CCC(N)=C(C)C(=N)c1cccc(Br)n1. The molecule has 1 aromatic heterocycles. The molecule has 0 saturated carbocycles. The van der Waals surface area contributed by atoms with Gasteiger partial charge in [-0.15, -0.1) is 0 Å². The van der Waals surface area contributed by atoms with Crippen LogP contribution in [0.1, 0.15) is 26.0 Å². The summed E-state index contributed by atoms with van der Waals surface area (Å²) in [5.74, 6) is 0. The van der Waals surface area contributed by atoms with Crippen molar-refractivity contribution in [2.24, 2.45) is 5.73 Å². The minimum atomic E-state index is 0.385. The van der Waals surface area contributed by atoms with Gasteiger partial charge >= 0.3 is 0 Å². The predicted molar refractivity (Wildman–Crippen MR) is 65.9 cm³/mol. The molecule has 0 fully saturated rings. The first-order chi connectivity index (χ1) is 7.06. The number of hydrogen-bond acceptors (Lipinski definition) is 3. The van der Waals surface area contributed by atoms with E-state index in [0.29, 0.717) is 11.4 Å². The zero-order valence-corrected chi connectivity index (χ0v) is 10.4. The first kappa shape index (κ1) is 11.9. The summed E-state index contributed by atoms with van der Waals surface area (Å²) in [5.41, 5.74) is 8.35. The van der Waals surface area contributed by atoms with Gasteiger partial charge in [-0.05, 0) is 47.0 Å². The third-order valence-corrected chi connectivity index (χ3v) is 2.65. The molecule has 0 atom stereocenters. The third-order valence-electron chi connectivity index (χ3n) is 2.21. The number of allylic oxidation sites excluding steroid dienone is 2. The Morgan fingerprint density at radius 1 is 1.53 bits per heavy atom. The highest BCUT2D eigenvalue weighted by atomic mass is 79.9. The summed E-state index contributed by atoms with van der Waals surface area (Å²) in [7, 11) is 0. The number of pyridine rings is 1. The summed E-state index contributed by atoms with van der Waals surface area (Å²) in [6.07, 6.45) is 0.752. The molecule has 0 aliphatic heterocycles. The second kappa shape index (κ2) is 5.07. The van der Waals surface area contributed by atoms with E-state index >= 15 is 0 Å². The Morgan fingerprint density at radius 3 is 2.73 bits per heavy atom. The van der Waals surface area contributed by atoms with Crippen molar-refractivity contribution in [1.29, 1.82) is 5.41 Å². The number of halogens is 1. The molecule has 3 nitrogen and oxygen atoms in total. The molecule has 0 radical (unpaired) electrons. The number of nitrogens with one attached hydrogen (secondary N) is 1. The molecule has 1 heterocycles. The maximum Gasteiger partial charge on any atom is 0.106 e. The summed E-state index contributed by atoms with van der Waals surface area (Å²) in [6.45, 7) is 3.82. The topological polar surface area (TPSA) is 62.8 Å². The van der Waals surface area contributed by atoms with Crippen molar-refractivity contribution in [3.63, 3.8) is 0 Å². The van der Waals surface area contributed by atoms with Gasteiger partial charge in [-0.1, -0.05) is 13.0 Å². The van der Waals surface area contributed by atoms with Gasteiger partial charge in [-0.3, -0.25) is 5.41 Å². The molecule has 0 aliphatic rings. The van der Waals surface area contributed by atoms with Crippen molar-refractivity contribution in [2.45, 2.75) is 20.3 Å². The van der Waals surface area contributed by atoms with Crippen molar-refractivity contribution >= 4 is 21.6 Å². The summed E-state index contributed by atoms with van der Waals surface area (Å²) < 4.78 is 0.729. The van der Waals surface area contributed by atoms with Gasteiger partial charge in [0, 0.05) is 5.70 Å². The van der Waals surface area contributed by atoms with Crippen molar-refractivity contribution in [2.75, 3.05) is 0 Å². The average molecular weight is 268 g/mol. The highest BCUT2D eigenvalue weighted by molar-refractivity contribution is 9.10. The molecular formula is C11H14BrN3. The Kier molecular flexibility index (Phi) is 4.03. The van der Waals surface area contributed by atoms with Gasteiger partial charge in [0.2, 0.25) is 0 Å². The van der Waals surface area contributed by atoms with E-state index in [4.69, 9.17) is 11.1 Å². The van der Waals surface area contributed by atoms with E-state index in [9.17, 15) is 0 Å². The normalized spacial score (nSPS) is 12.2. The van der Waals surface area contributed by atoms with Crippen LogP contribution in [0.4, 0.5) is 0 Å². The highest BCUT2D eigenvalue weighted by Gasteiger charge is 2.08.